The Balaban J connectivity index is 0.00000392. The standard InChI is InChI=1S/C26H40N.ClH/c1-3-5-7-15-21-27(22-16-8-6-4-2,23-25-17-11-9-12-18-25)24-26-19-13-10-14-20-26;/h9-14,17-20H,3-8,15-16,21-24H2,1-2H3;1H/q+1;/p-1. The molecule has 0 heterocycles. The van der Waals surface area contributed by atoms with Crippen molar-refractivity contribution < 1.29 is 16.9 Å². The van der Waals surface area contributed by atoms with Crippen molar-refractivity contribution in [2.75, 3.05) is 13.1 Å². The lowest BCUT2D eigenvalue weighted by Gasteiger charge is -2.39. The Kier molecular flexibility index (Phi) is 12.9. The Morgan fingerprint density at radius 3 is 1.29 bits per heavy atom. The number of unbranched alkanes of at least 4 members (excludes halogenated alkanes) is 6. The van der Waals surface area contributed by atoms with Crippen LogP contribution in [0.1, 0.15) is 76.3 Å². The van der Waals surface area contributed by atoms with Gasteiger partial charge in [0.05, 0.1) is 13.1 Å². The third-order valence-electron chi connectivity index (χ3n) is 5.69. The minimum Gasteiger partial charge on any atom is -1.00 e. The van der Waals surface area contributed by atoms with Gasteiger partial charge in [-0.25, -0.2) is 0 Å². The number of hydrogen-bond acceptors (Lipinski definition) is 0. The van der Waals surface area contributed by atoms with Gasteiger partial charge in [-0.05, 0) is 25.7 Å². The summed E-state index contributed by atoms with van der Waals surface area (Å²) in [4.78, 5) is 0. The molecule has 0 radical (unpaired) electrons. The largest absolute Gasteiger partial charge is 1.00 e. The van der Waals surface area contributed by atoms with Crippen LogP contribution in [0.2, 0.25) is 0 Å². The summed E-state index contributed by atoms with van der Waals surface area (Å²) in [5, 5.41) is 0. The maximum Gasteiger partial charge on any atom is 0.105 e. The molecule has 0 bridgehead atoms. The third-order valence-corrected chi connectivity index (χ3v) is 5.69. The summed E-state index contributed by atoms with van der Waals surface area (Å²) in [5.41, 5.74) is 2.97. The number of halogens is 1. The van der Waals surface area contributed by atoms with E-state index in [-0.39, 0.29) is 12.4 Å². The van der Waals surface area contributed by atoms with Gasteiger partial charge in [-0.2, -0.15) is 0 Å². The molecule has 156 valence electrons. The van der Waals surface area contributed by atoms with Gasteiger partial charge in [0.25, 0.3) is 0 Å². The molecule has 0 spiro atoms. The highest BCUT2D eigenvalue weighted by Gasteiger charge is 2.27. The zero-order valence-corrected chi connectivity index (χ0v) is 18.8. The quantitative estimate of drug-likeness (QED) is 0.325. The highest BCUT2D eigenvalue weighted by atomic mass is 35.5. The summed E-state index contributed by atoms with van der Waals surface area (Å²) < 4.78 is 1.21. The fourth-order valence-corrected chi connectivity index (χ4v) is 4.17. The van der Waals surface area contributed by atoms with Crippen LogP contribution < -0.4 is 12.4 Å². The van der Waals surface area contributed by atoms with E-state index in [1.165, 1.54) is 80.1 Å². The predicted octanol–water partition coefficient (Wildman–Crippen LogP) is 4.37. The van der Waals surface area contributed by atoms with Crippen LogP contribution in [0.3, 0.4) is 0 Å². The Bertz CT molecular complexity index is 541. The van der Waals surface area contributed by atoms with Crippen molar-refractivity contribution >= 4 is 0 Å². The van der Waals surface area contributed by atoms with Gasteiger partial charge < -0.3 is 16.9 Å². The zero-order valence-electron chi connectivity index (χ0n) is 18.1. The summed E-state index contributed by atoms with van der Waals surface area (Å²) in [6, 6.07) is 22.3. The van der Waals surface area contributed by atoms with Gasteiger partial charge in [0.2, 0.25) is 0 Å². The lowest BCUT2D eigenvalue weighted by Crippen LogP contribution is -3.00. The van der Waals surface area contributed by atoms with E-state index in [2.05, 4.69) is 74.5 Å². The highest BCUT2D eigenvalue weighted by Crippen LogP contribution is 2.23. The Labute approximate surface area is 180 Å². The van der Waals surface area contributed by atoms with Gasteiger partial charge in [-0.1, -0.05) is 100 Å². The number of quaternary nitrogens is 1. The molecule has 1 nitrogen and oxygen atoms in total. The van der Waals surface area contributed by atoms with Gasteiger partial charge in [0.15, 0.2) is 0 Å². The van der Waals surface area contributed by atoms with Crippen LogP contribution >= 0.6 is 0 Å². The van der Waals surface area contributed by atoms with Crippen LogP contribution in [0.4, 0.5) is 0 Å². The SMILES string of the molecule is CCCCCC[N+](CCCCCC)(Cc1ccccc1)Cc1ccccc1.[Cl-]. The number of hydrogen-bond donors (Lipinski definition) is 0. The van der Waals surface area contributed by atoms with Crippen LogP contribution in [-0.2, 0) is 13.1 Å². The molecule has 2 rings (SSSR count). The molecule has 0 saturated carbocycles. The molecular weight excluding hydrogens is 362 g/mol. The third kappa shape index (κ3) is 9.26. The van der Waals surface area contributed by atoms with Gasteiger partial charge >= 0.3 is 0 Å². The first-order valence-electron chi connectivity index (χ1n) is 11.2. The van der Waals surface area contributed by atoms with Crippen LogP contribution in [0.5, 0.6) is 0 Å². The molecule has 2 heteroatoms. The lowest BCUT2D eigenvalue weighted by atomic mass is 10.1. The van der Waals surface area contributed by atoms with Crippen LogP contribution in [0.15, 0.2) is 60.7 Å². The Hall–Kier alpha value is -1.31. The molecule has 0 N–H and O–H groups in total. The summed E-state index contributed by atoms with van der Waals surface area (Å²) >= 11 is 0. The van der Waals surface area contributed by atoms with Crippen molar-refractivity contribution in [3.63, 3.8) is 0 Å². The predicted molar refractivity (Wildman–Crippen MR) is 119 cm³/mol. The molecule has 0 unspecified atom stereocenters. The van der Waals surface area contributed by atoms with E-state index < -0.39 is 0 Å². The molecule has 0 aliphatic rings. The van der Waals surface area contributed by atoms with Crippen LogP contribution in [0, 0.1) is 0 Å². The second-order valence-corrected chi connectivity index (χ2v) is 8.20. The zero-order chi connectivity index (χ0) is 19.2. The van der Waals surface area contributed by atoms with Crippen molar-refractivity contribution in [3.8, 4) is 0 Å². The van der Waals surface area contributed by atoms with Crippen LogP contribution in [0.25, 0.3) is 0 Å². The number of nitrogens with zero attached hydrogens (tertiary/aromatic N) is 1. The van der Waals surface area contributed by atoms with E-state index in [9.17, 15) is 0 Å². The molecule has 0 saturated heterocycles. The normalized spacial score (nSPS) is 11.2. The van der Waals surface area contributed by atoms with Gasteiger partial charge in [-0.15, -0.1) is 0 Å². The van der Waals surface area contributed by atoms with Gasteiger partial charge in [0.1, 0.15) is 13.1 Å². The number of benzene rings is 2. The van der Waals surface area contributed by atoms with E-state index in [1.54, 1.807) is 0 Å². The van der Waals surface area contributed by atoms with E-state index in [0.717, 1.165) is 13.1 Å². The first kappa shape index (κ1) is 24.7. The summed E-state index contributed by atoms with van der Waals surface area (Å²) in [5.74, 6) is 0. The van der Waals surface area contributed by atoms with Gasteiger partial charge in [-0.3, -0.25) is 0 Å². The van der Waals surface area contributed by atoms with E-state index in [0.29, 0.717) is 0 Å². The monoisotopic (exact) mass is 401 g/mol. The minimum absolute atomic E-state index is 0. The topological polar surface area (TPSA) is 0 Å². The molecule has 2 aromatic rings. The van der Waals surface area contributed by atoms with Crippen molar-refractivity contribution in [1.29, 1.82) is 0 Å². The molecule has 0 amide bonds. The first-order valence-corrected chi connectivity index (χ1v) is 11.2. The minimum atomic E-state index is 0. The van der Waals surface area contributed by atoms with E-state index in [1.807, 2.05) is 0 Å². The second kappa shape index (κ2) is 14.7. The fraction of sp³-hybridized carbons (Fsp3) is 0.538. The smallest absolute Gasteiger partial charge is 0.105 e. The molecule has 0 aliphatic carbocycles. The average molecular weight is 402 g/mol. The lowest BCUT2D eigenvalue weighted by molar-refractivity contribution is -0.954. The van der Waals surface area contributed by atoms with Crippen molar-refractivity contribution in [3.05, 3.63) is 71.8 Å². The van der Waals surface area contributed by atoms with Gasteiger partial charge in [0, 0.05) is 11.1 Å². The molecule has 0 fully saturated rings. The van der Waals surface area contributed by atoms with E-state index >= 15 is 0 Å². The summed E-state index contributed by atoms with van der Waals surface area (Å²) in [7, 11) is 0. The molecular formula is C26H40ClN. The Morgan fingerprint density at radius 1 is 0.536 bits per heavy atom. The maximum absolute atomic E-state index is 2.32. The number of rotatable bonds is 14. The second-order valence-electron chi connectivity index (χ2n) is 8.20. The van der Waals surface area contributed by atoms with Crippen molar-refractivity contribution in [1.82, 2.24) is 0 Å². The van der Waals surface area contributed by atoms with Crippen LogP contribution in [-0.4, -0.2) is 17.6 Å². The first-order chi connectivity index (χ1) is 13.3. The molecule has 0 aliphatic heterocycles. The molecule has 28 heavy (non-hydrogen) atoms. The van der Waals surface area contributed by atoms with Crippen molar-refractivity contribution in [2.45, 2.75) is 78.3 Å². The molecule has 0 aromatic heterocycles. The maximum atomic E-state index is 2.32. The average Bonchev–Trinajstić information content (AvgIpc) is 2.70. The fourth-order valence-electron chi connectivity index (χ4n) is 4.17. The summed E-state index contributed by atoms with van der Waals surface area (Å²) in [6.07, 6.45) is 10.8. The molecule has 0 atom stereocenters. The van der Waals surface area contributed by atoms with E-state index in [4.69, 9.17) is 0 Å². The Morgan fingerprint density at radius 2 is 0.929 bits per heavy atom. The van der Waals surface area contributed by atoms with Crippen molar-refractivity contribution in [2.24, 2.45) is 0 Å². The summed E-state index contributed by atoms with van der Waals surface area (Å²) in [6.45, 7) is 9.54. The highest BCUT2D eigenvalue weighted by molar-refractivity contribution is 5.15. The molecule has 2 aromatic carbocycles.